The van der Waals surface area contributed by atoms with Gasteiger partial charge in [0, 0.05) is 11.3 Å². The molecule has 0 amide bonds. The van der Waals surface area contributed by atoms with Crippen LogP contribution in [0.1, 0.15) is 0 Å². The molecule has 0 aliphatic carbocycles. The highest BCUT2D eigenvalue weighted by Crippen LogP contribution is 2.48. The largest absolute Gasteiger partial charge is 0.299 e. The summed E-state index contributed by atoms with van der Waals surface area (Å²) < 4.78 is 2.20. The molecule has 1 heterocycles. The second kappa shape index (κ2) is 15.8. The van der Waals surface area contributed by atoms with E-state index in [0.717, 1.165) is 39.0 Å². The van der Waals surface area contributed by atoms with Gasteiger partial charge in [0.1, 0.15) is 6.33 Å². The van der Waals surface area contributed by atoms with Gasteiger partial charge >= 0.3 is 0 Å². The van der Waals surface area contributed by atoms with Crippen molar-refractivity contribution in [2.24, 2.45) is 0 Å². The minimum absolute atomic E-state index is 0.962. The molecule has 14 rings (SSSR count). The topological polar surface area (TPSA) is 17.8 Å². The summed E-state index contributed by atoms with van der Waals surface area (Å²) in [6.07, 6.45) is 1.97. The van der Waals surface area contributed by atoms with E-state index < -0.39 is 0 Å². The zero-order valence-electron chi connectivity index (χ0n) is 37.6. The Balaban J connectivity index is 1.09. The molecule has 0 N–H and O–H groups in total. The van der Waals surface area contributed by atoms with Crippen LogP contribution in [0.5, 0.6) is 0 Å². The monoisotopic (exact) mass is 874 g/mol. The van der Waals surface area contributed by atoms with E-state index in [1.54, 1.807) is 0 Å². The number of hydrogen-bond donors (Lipinski definition) is 0. The average Bonchev–Trinajstić information content (AvgIpc) is 3.86. The summed E-state index contributed by atoms with van der Waals surface area (Å²) in [7, 11) is 0. The van der Waals surface area contributed by atoms with Gasteiger partial charge in [-0.05, 0) is 175 Å². The maximum atomic E-state index is 5.19. The molecule has 0 unspecified atom stereocenters. The molecule has 1 aromatic heterocycles. The standard InChI is InChI=1S/C67H42N2/c1-2-21-56(22-3-1)69-42-68-67-60(23-12-24-64(67)69)58-33-30-53(57-32-29-51-35-47-17-8-10-19-49(47)39-61(51)65(57)54-27-25-43-13-4-6-15-45(43)37-54)41-63(58)59-34-31-52-36-48-18-9-11-20-50(48)40-62(52)66(59)55-28-26-44-14-5-7-16-46(44)38-55/h1-42H. The Morgan fingerprint density at radius 1 is 0.261 bits per heavy atom. The van der Waals surface area contributed by atoms with E-state index in [0.29, 0.717) is 0 Å². The smallest absolute Gasteiger partial charge is 0.100 e. The zero-order valence-corrected chi connectivity index (χ0v) is 37.6. The molecule has 2 nitrogen and oxygen atoms in total. The molecule has 14 aromatic rings. The van der Waals surface area contributed by atoms with Gasteiger partial charge in [-0.15, -0.1) is 0 Å². The third kappa shape index (κ3) is 6.53. The van der Waals surface area contributed by atoms with Crippen LogP contribution in [0.3, 0.4) is 0 Å². The fourth-order valence-electron chi connectivity index (χ4n) is 11.0. The first-order valence-corrected chi connectivity index (χ1v) is 23.7. The lowest BCUT2D eigenvalue weighted by atomic mass is 9.82. The fraction of sp³-hybridized carbons (Fsp3) is 0. The van der Waals surface area contributed by atoms with Crippen LogP contribution >= 0.6 is 0 Å². The highest BCUT2D eigenvalue weighted by atomic mass is 15.0. The summed E-state index contributed by atoms with van der Waals surface area (Å²) in [6, 6.07) is 91.8. The van der Waals surface area contributed by atoms with Crippen molar-refractivity contribution in [3.8, 4) is 61.3 Å². The molecule has 2 heteroatoms. The Labute approximate surface area is 399 Å². The van der Waals surface area contributed by atoms with Gasteiger partial charge in [0.2, 0.25) is 0 Å². The van der Waals surface area contributed by atoms with Crippen molar-refractivity contribution in [3.05, 3.63) is 255 Å². The summed E-state index contributed by atoms with van der Waals surface area (Å²) in [5, 5.41) is 14.7. The summed E-state index contributed by atoms with van der Waals surface area (Å²) in [5.74, 6) is 0. The summed E-state index contributed by atoms with van der Waals surface area (Å²) in [6.45, 7) is 0. The van der Waals surface area contributed by atoms with E-state index in [2.05, 4.69) is 253 Å². The van der Waals surface area contributed by atoms with Crippen LogP contribution in [0.25, 0.3) is 137 Å². The number of fused-ring (bicyclic) bond motifs is 7. The van der Waals surface area contributed by atoms with Crippen molar-refractivity contribution < 1.29 is 0 Å². The number of nitrogens with zero attached hydrogens (tertiary/aromatic N) is 2. The lowest BCUT2D eigenvalue weighted by molar-refractivity contribution is 1.09. The zero-order chi connectivity index (χ0) is 45.4. The first-order chi connectivity index (χ1) is 34.2. The highest BCUT2D eigenvalue weighted by Gasteiger charge is 2.22. The van der Waals surface area contributed by atoms with E-state index in [9.17, 15) is 0 Å². The third-order valence-electron chi connectivity index (χ3n) is 14.4. The second-order valence-corrected chi connectivity index (χ2v) is 18.3. The average molecular weight is 875 g/mol. The second-order valence-electron chi connectivity index (χ2n) is 18.3. The molecule has 0 radical (unpaired) electrons. The van der Waals surface area contributed by atoms with Crippen molar-refractivity contribution in [1.82, 2.24) is 9.55 Å². The summed E-state index contributed by atoms with van der Waals surface area (Å²) >= 11 is 0. The van der Waals surface area contributed by atoms with Crippen LogP contribution in [0.15, 0.2) is 255 Å². The normalized spacial score (nSPS) is 11.8. The molecule has 69 heavy (non-hydrogen) atoms. The van der Waals surface area contributed by atoms with Gasteiger partial charge in [0.05, 0.1) is 11.0 Å². The number of para-hydroxylation sites is 2. The first-order valence-electron chi connectivity index (χ1n) is 23.7. The number of rotatable bonds is 6. The molecule has 0 saturated carbocycles. The van der Waals surface area contributed by atoms with Crippen molar-refractivity contribution in [3.63, 3.8) is 0 Å². The SMILES string of the molecule is c1ccc(-n2cnc3c(-c4ccc(-c5ccc6cc7ccccc7cc6c5-c5ccc6ccccc6c5)cc4-c4ccc5cc6ccccc6cc5c4-c4ccc5ccccc5c4)cccc32)cc1. The van der Waals surface area contributed by atoms with Crippen LogP contribution in [0.2, 0.25) is 0 Å². The van der Waals surface area contributed by atoms with E-state index in [-0.39, 0.29) is 0 Å². The Kier molecular flexibility index (Phi) is 8.93. The quantitative estimate of drug-likeness (QED) is 0.152. The Bertz CT molecular complexity index is 4370. The van der Waals surface area contributed by atoms with Crippen molar-refractivity contribution in [2.75, 3.05) is 0 Å². The van der Waals surface area contributed by atoms with Crippen molar-refractivity contribution in [2.45, 2.75) is 0 Å². The molecule has 320 valence electrons. The van der Waals surface area contributed by atoms with Crippen LogP contribution in [-0.2, 0) is 0 Å². The summed E-state index contributed by atoms with van der Waals surface area (Å²) in [5.41, 5.74) is 14.8. The summed E-state index contributed by atoms with van der Waals surface area (Å²) in [4.78, 5) is 5.19. The fourth-order valence-corrected chi connectivity index (χ4v) is 11.0. The van der Waals surface area contributed by atoms with Gasteiger partial charge in [-0.25, -0.2) is 4.98 Å². The Morgan fingerprint density at radius 2 is 0.725 bits per heavy atom. The molecular weight excluding hydrogens is 833 g/mol. The molecule has 13 aromatic carbocycles. The predicted octanol–water partition coefficient (Wildman–Crippen LogP) is 18.3. The van der Waals surface area contributed by atoms with Crippen LogP contribution in [0.4, 0.5) is 0 Å². The van der Waals surface area contributed by atoms with Crippen molar-refractivity contribution >= 4 is 75.7 Å². The highest BCUT2D eigenvalue weighted by molar-refractivity contribution is 6.14. The number of imidazole rings is 1. The van der Waals surface area contributed by atoms with E-state index in [4.69, 9.17) is 4.98 Å². The van der Waals surface area contributed by atoms with Crippen LogP contribution < -0.4 is 0 Å². The molecule has 0 bridgehead atoms. The minimum atomic E-state index is 0.962. The van der Waals surface area contributed by atoms with Gasteiger partial charge in [-0.3, -0.25) is 4.57 Å². The minimum Gasteiger partial charge on any atom is -0.299 e. The molecular formula is C67H42N2. The maximum absolute atomic E-state index is 5.19. The molecule has 0 fully saturated rings. The molecule has 0 aliphatic rings. The van der Waals surface area contributed by atoms with E-state index in [1.165, 1.54) is 98.0 Å². The van der Waals surface area contributed by atoms with Crippen molar-refractivity contribution in [1.29, 1.82) is 0 Å². The molecule has 0 aliphatic heterocycles. The van der Waals surface area contributed by atoms with Gasteiger partial charge in [-0.1, -0.05) is 188 Å². The van der Waals surface area contributed by atoms with Gasteiger partial charge in [0.15, 0.2) is 0 Å². The number of hydrogen-bond acceptors (Lipinski definition) is 1. The Morgan fingerprint density at radius 3 is 1.32 bits per heavy atom. The predicted molar refractivity (Wildman–Crippen MR) is 293 cm³/mol. The Hall–Kier alpha value is -9.11. The van der Waals surface area contributed by atoms with E-state index >= 15 is 0 Å². The lowest BCUT2D eigenvalue weighted by Crippen LogP contribution is -1.95. The van der Waals surface area contributed by atoms with Crippen LogP contribution in [-0.4, -0.2) is 9.55 Å². The van der Waals surface area contributed by atoms with E-state index in [1.807, 2.05) is 6.33 Å². The number of aromatic nitrogens is 2. The first kappa shape index (κ1) is 39.1. The maximum Gasteiger partial charge on any atom is 0.100 e. The van der Waals surface area contributed by atoms with Gasteiger partial charge in [-0.2, -0.15) is 0 Å². The molecule has 0 atom stereocenters. The van der Waals surface area contributed by atoms with Crippen LogP contribution in [0, 0.1) is 0 Å². The molecule has 0 spiro atoms. The molecule has 0 saturated heterocycles. The third-order valence-corrected chi connectivity index (χ3v) is 14.4. The van der Waals surface area contributed by atoms with Gasteiger partial charge < -0.3 is 0 Å². The lowest BCUT2D eigenvalue weighted by Gasteiger charge is -2.21. The van der Waals surface area contributed by atoms with Gasteiger partial charge in [0.25, 0.3) is 0 Å². The number of benzene rings is 13.